The van der Waals surface area contributed by atoms with Crippen molar-refractivity contribution >= 4 is 28.7 Å². The van der Waals surface area contributed by atoms with Crippen LogP contribution in [0.25, 0.3) is 10.8 Å². The van der Waals surface area contributed by atoms with Gasteiger partial charge < -0.3 is 4.90 Å². The van der Waals surface area contributed by atoms with Gasteiger partial charge in [-0.2, -0.15) is 5.26 Å². The first-order valence-corrected chi connectivity index (χ1v) is 6.47. The summed E-state index contributed by atoms with van der Waals surface area (Å²) in [6, 6.07) is 11.2. The van der Waals surface area contributed by atoms with Crippen molar-refractivity contribution in [1.82, 2.24) is 0 Å². The lowest BCUT2D eigenvalue weighted by molar-refractivity contribution is 0.0992. The van der Waals surface area contributed by atoms with Crippen molar-refractivity contribution in [3.8, 4) is 6.07 Å². The molecule has 4 nitrogen and oxygen atoms in total. The van der Waals surface area contributed by atoms with Crippen molar-refractivity contribution in [2.75, 3.05) is 11.4 Å². The average molecular weight is 264 g/mol. The highest BCUT2D eigenvalue weighted by molar-refractivity contribution is 6.25. The number of nitriles is 1. The van der Waals surface area contributed by atoms with Crippen LogP contribution in [0.4, 0.5) is 5.69 Å². The Hall–Kier alpha value is -2.67. The number of carbonyl (C=O) groups excluding carboxylic acids is 2. The molecule has 4 heteroatoms. The van der Waals surface area contributed by atoms with Gasteiger partial charge in [0.2, 0.25) is 0 Å². The van der Waals surface area contributed by atoms with Gasteiger partial charge in [0.05, 0.1) is 11.8 Å². The van der Waals surface area contributed by atoms with Crippen LogP contribution in [0.15, 0.2) is 30.3 Å². The van der Waals surface area contributed by atoms with Crippen LogP contribution in [-0.4, -0.2) is 18.7 Å². The number of carbonyl (C=O) groups is 2. The predicted octanol–water partition coefficient (Wildman–Crippen LogP) is 2.92. The number of amides is 1. The first-order chi connectivity index (χ1) is 9.76. The third-order valence-corrected chi connectivity index (χ3v) is 3.55. The Kier molecular flexibility index (Phi) is 2.96. The molecule has 20 heavy (non-hydrogen) atoms. The molecule has 0 spiro atoms. The number of anilines is 1. The van der Waals surface area contributed by atoms with E-state index in [1.165, 1.54) is 0 Å². The van der Waals surface area contributed by atoms with Crippen molar-refractivity contribution in [3.05, 3.63) is 41.5 Å². The second-order valence-corrected chi connectivity index (χ2v) is 4.78. The van der Waals surface area contributed by atoms with E-state index in [2.05, 4.69) is 6.07 Å². The SMILES string of the molecule is N#CCCCN1C(=O)c2cccc3cc(C=O)cc1c23. The van der Waals surface area contributed by atoms with Crippen LogP contribution in [0.1, 0.15) is 33.6 Å². The molecule has 1 aliphatic rings. The molecule has 2 aromatic rings. The van der Waals surface area contributed by atoms with E-state index in [9.17, 15) is 9.59 Å². The summed E-state index contributed by atoms with van der Waals surface area (Å²) in [7, 11) is 0. The summed E-state index contributed by atoms with van der Waals surface area (Å²) < 4.78 is 0. The minimum Gasteiger partial charge on any atom is -0.308 e. The minimum atomic E-state index is -0.0495. The van der Waals surface area contributed by atoms with Crippen LogP contribution >= 0.6 is 0 Å². The molecule has 2 aromatic carbocycles. The quantitative estimate of drug-likeness (QED) is 0.630. The molecular formula is C16H12N2O2. The molecule has 98 valence electrons. The maximum Gasteiger partial charge on any atom is 0.258 e. The molecule has 3 rings (SSSR count). The number of aldehydes is 1. The molecular weight excluding hydrogens is 252 g/mol. The maximum absolute atomic E-state index is 12.4. The second kappa shape index (κ2) is 4.78. The zero-order valence-electron chi connectivity index (χ0n) is 10.8. The number of nitrogens with zero attached hydrogens (tertiary/aromatic N) is 2. The van der Waals surface area contributed by atoms with Gasteiger partial charge in [0, 0.05) is 29.5 Å². The van der Waals surface area contributed by atoms with Crippen LogP contribution in [0, 0.1) is 11.3 Å². The van der Waals surface area contributed by atoms with Gasteiger partial charge in [0.25, 0.3) is 5.91 Å². The Labute approximate surface area is 116 Å². The number of rotatable bonds is 4. The molecule has 0 saturated heterocycles. The molecule has 0 aromatic heterocycles. The summed E-state index contributed by atoms with van der Waals surface area (Å²) in [5, 5.41) is 10.4. The van der Waals surface area contributed by atoms with E-state index < -0.39 is 0 Å². The number of hydrogen-bond donors (Lipinski definition) is 0. The summed E-state index contributed by atoms with van der Waals surface area (Å²) in [6.45, 7) is 0.498. The highest BCUT2D eigenvalue weighted by Crippen LogP contribution is 2.38. The van der Waals surface area contributed by atoms with Crippen molar-refractivity contribution in [1.29, 1.82) is 5.26 Å². The summed E-state index contributed by atoms with van der Waals surface area (Å²) >= 11 is 0. The summed E-state index contributed by atoms with van der Waals surface area (Å²) in [4.78, 5) is 25.1. The van der Waals surface area contributed by atoms with Crippen LogP contribution < -0.4 is 4.90 Å². The van der Waals surface area contributed by atoms with Crippen LogP contribution in [-0.2, 0) is 0 Å². The first kappa shape index (κ1) is 12.4. The van der Waals surface area contributed by atoms with Gasteiger partial charge in [0.15, 0.2) is 0 Å². The molecule has 0 radical (unpaired) electrons. The van der Waals surface area contributed by atoms with Gasteiger partial charge in [-0.05, 0) is 30.0 Å². The highest BCUT2D eigenvalue weighted by atomic mass is 16.2. The standard InChI is InChI=1S/C16H12N2O2/c17-6-1-2-7-18-14-9-11(10-19)8-12-4-3-5-13(15(12)14)16(18)20/h3-5,8-10H,1-2,7H2. The lowest BCUT2D eigenvalue weighted by atomic mass is 10.0. The number of unbranched alkanes of at least 4 members (excludes halogenated alkanes) is 1. The van der Waals surface area contributed by atoms with Gasteiger partial charge in [-0.3, -0.25) is 9.59 Å². The Morgan fingerprint density at radius 3 is 2.90 bits per heavy atom. The third kappa shape index (κ3) is 1.76. The van der Waals surface area contributed by atoms with E-state index in [4.69, 9.17) is 5.26 Å². The summed E-state index contributed by atoms with van der Waals surface area (Å²) in [5.74, 6) is -0.0495. The molecule has 0 fully saturated rings. The molecule has 0 unspecified atom stereocenters. The zero-order chi connectivity index (χ0) is 14.1. The van der Waals surface area contributed by atoms with Gasteiger partial charge in [-0.1, -0.05) is 12.1 Å². The predicted molar refractivity (Wildman–Crippen MR) is 75.9 cm³/mol. The molecule has 0 saturated carbocycles. The fourth-order valence-corrected chi connectivity index (χ4v) is 2.68. The zero-order valence-corrected chi connectivity index (χ0v) is 10.8. The van der Waals surface area contributed by atoms with E-state index in [0.717, 1.165) is 22.7 Å². The molecule has 0 atom stereocenters. The van der Waals surface area contributed by atoms with Crippen molar-refractivity contribution in [3.63, 3.8) is 0 Å². The van der Waals surface area contributed by atoms with E-state index >= 15 is 0 Å². The maximum atomic E-state index is 12.4. The Balaban J connectivity index is 2.13. The van der Waals surface area contributed by atoms with Gasteiger partial charge in [-0.15, -0.1) is 0 Å². The van der Waals surface area contributed by atoms with E-state index in [1.807, 2.05) is 12.1 Å². The average Bonchev–Trinajstić information content (AvgIpc) is 2.75. The minimum absolute atomic E-state index is 0.0495. The fraction of sp³-hybridized carbons (Fsp3) is 0.188. The highest BCUT2D eigenvalue weighted by Gasteiger charge is 2.29. The van der Waals surface area contributed by atoms with Crippen LogP contribution in [0.3, 0.4) is 0 Å². The Morgan fingerprint density at radius 2 is 2.15 bits per heavy atom. The monoisotopic (exact) mass is 264 g/mol. The van der Waals surface area contributed by atoms with Crippen molar-refractivity contribution in [2.24, 2.45) is 0 Å². The van der Waals surface area contributed by atoms with E-state index in [0.29, 0.717) is 30.5 Å². The van der Waals surface area contributed by atoms with E-state index in [-0.39, 0.29) is 5.91 Å². The summed E-state index contributed by atoms with van der Waals surface area (Å²) in [6.07, 6.45) is 1.83. The van der Waals surface area contributed by atoms with Crippen molar-refractivity contribution in [2.45, 2.75) is 12.8 Å². The fourth-order valence-electron chi connectivity index (χ4n) is 2.68. The van der Waals surface area contributed by atoms with Gasteiger partial charge >= 0.3 is 0 Å². The van der Waals surface area contributed by atoms with E-state index in [1.54, 1.807) is 23.1 Å². The third-order valence-electron chi connectivity index (χ3n) is 3.55. The Morgan fingerprint density at radius 1 is 1.30 bits per heavy atom. The molecule has 0 bridgehead atoms. The summed E-state index contributed by atoms with van der Waals surface area (Å²) in [5.41, 5.74) is 2.01. The molecule has 1 aliphatic heterocycles. The number of hydrogen-bond acceptors (Lipinski definition) is 3. The Bertz CT molecular complexity index is 759. The largest absolute Gasteiger partial charge is 0.308 e. The van der Waals surface area contributed by atoms with Crippen molar-refractivity contribution < 1.29 is 9.59 Å². The van der Waals surface area contributed by atoms with Crippen LogP contribution in [0.2, 0.25) is 0 Å². The molecule has 0 aliphatic carbocycles. The topological polar surface area (TPSA) is 61.2 Å². The molecule has 1 amide bonds. The van der Waals surface area contributed by atoms with Crippen LogP contribution in [0.5, 0.6) is 0 Å². The van der Waals surface area contributed by atoms with Gasteiger partial charge in [0.1, 0.15) is 6.29 Å². The smallest absolute Gasteiger partial charge is 0.258 e. The lowest BCUT2D eigenvalue weighted by Gasteiger charge is -2.17. The number of benzene rings is 2. The normalized spacial score (nSPS) is 12.8. The molecule has 1 heterocycles. The lowest BCUT2D eigenvalue weighted by Crippen LogP contribution is -2.27. The first-order valence-electron chi connectivity index (χ1n) is 6.47. The van der Waals surface area contributed by atoms with Gasteiger partial charge in [-0.25, -0.2) is 0 Å². The second-order valence-electron chi connectivity index (χ2n) is 4.78. The molecule has 0 N–H and O–H groups in total.